The van der Waals surface area contributed by atoms with Crippen LogP contribution < -0.4 is 10.2 Å². The predicted molar refractivity (Wildman–Crippen MR) is 84.6 cm³/mol. The number of anilines is 2. The molecule has 0 aromatic heterocycles. The van der Waals surface area contributed by atoms with Crippen molar-refractivity contribution in [2.45, 2.75) is 32.4 Å². The molecule has 0 radical (unpaired) electrons. The molecule has 0 saturated carbocycles. The standard InChI is InChI=1S/C18H18N2O/c1-11-3-6-13(7-4-11)14-10-17(21)20-16-9-12(2)5-8-15(16)19-18(14)20/h3-9,14,18-19H,10H2,1-2H3. The Morgan fingerprint density at radius 3 is 2.52 bits per heavy atom. The number of carbonyl (C=O) groups excluding carboxylic acids is 1. The predicted octanol–water partition coefficient (Wildman–Crippen LogP) is 3.58. The molecule has 1 fully saturated rings. The number of benzene rings is 2. The van der Waals surface area contributed by atoms with Crippen LogP contribution in [-0.2, 0) is 4.79 Å². The highest BCUT2D eigenvalue weighted by atomic mass is 16.2. The molecular weight excluding hydrogens is 260 g/mol. The summed E-state index contributed by atoms with van der Waals surface area (Å²) in [6, 6.07) is 14.8. The monoisotopic (exact) mass is 278 g/mol. The molecule has 1 N–H and O–H groups in total. The maximum Gasteiger partial charge on any atom is 0.229 e. The lowest BCUT2D eigenvalue weighted by Gasteiger charge is -2.21. The Bertz CT molecular complexity index is 720. The van der Waals surface area contributed by atoms with E-state index in [1.165, 1.54) is 16.7 Å². The molecule has 0 bridgehead atoms. The molecule has 3 nitrogen and oxygen atoms in total. The van der Waals surface area contributed by atoms with E-state index in [0.29, 0.717) is 6.42 Å². The van der Waals surface area contributed by atoms with Gasteiger partial charge in [-0.3, -0.25) is 9.69 Å². The highest BCUT2D eigenvalue weighted by molar-refractivity contribution is 6.03. The number of amides is 1. The summed E-state index contributed by atoms with van der Waals surface area (Å²) < 4.78 is 0. The summed E-state index contributed by atoms with van der Waals surface area (Å²) in [7, 11) is 0. The number of hydrogen-bond acceptors (Lipinski definition) is 2. The van der Waals surface area contributed by atoms with Crippen LogP contribution in [0.15, 0.2) is 42.5 Å². The summed E-state index contributed by atoms with van der Waals surface area (Å²) in [5.41, 5.74) is 5.76. The number of nitrogens with one attached hydrogen (secondary N) is 1. The zero-order valence-electron chi connectivity index (χ0n) is 12.3. The maximum absolute atomic E-state index is 12.5. The van der Waals surface area contributed by atoms with Gasteiger partial charge >= 0.3 is 0 Å². The van der Waals surface area contributed by atoms with Crippen molar-refractivity contribution in [2.24, 2.45) is 0 Å². The zero-order chi connectivity index (χ0) is 14.6. The molecule has 21 heavy (non-hydrogen) atoms. The van der Waals surface area contributed by atoms with Gasteiger partial charge in [-0.05, 0) is 37.1 Å². The quantitative estimate of drug-likeness (QED) is 0.864. The zero-order valence-corrected chi connectivity index (χ0v) is 12.3. The van der Waals surface area contributed by atoms with Gasteiger partial charge in [0.15, 0.2) is 0 Å². The number of nitrogens with zero attached hydrogens (tertiary/aromatic N) is 1. The number of rotatable bonds is 1. The minimum Gasteiger partial charge on any atom is -0.363 e. The van der Waals surface area contributed by atoms with Crippen LogP contribution in [0.1, 0.15) is 29.0 Å². The van der Waals surface area contributed by atoms with Crippen molar-refractivity contribution in [2.75, 3.05) is 10.2 Å². The highest BCUT2D eigenvalue weighted by Crippen LogP contribution is 2.45. The van der Waals surface area contributed by atoms with Gasteiger partial charge in [-0.1, -0.05) is 35.9 Å². The van der Waals surface area contributed by atoms with Gasteiger partial charge in [0.05, 0.1) is 11.4 Å². The van der Waals surface area contributed by atoms with Gasteiger partial charge in [-0.15, -0.1) is 0 Å². The molecular formula is C18H18N2O. The Kier molecular flexibility index (Phi) is 2.58. The molecule has 0 spiro atoms. The fourth-order valence-electron chi connectivity index (χ4n) is 3.42. The fourth-order valence-corrected chi connectivity index (χ4v) is 3.42. The second kappa shape index (κ2) is 4.35. The van der Waals surface area contributed by atoms with Gasteiger partial charge in [0.2, 0.25) is 5.91 Å². The highest BCUT2D eigenvalue weighted by Gasteiger charge is 2.45. The van der Waals surface area contributed by atoms with Gasteiger partial charge < -0.3 is 5.32 Å². The van der Waals surface area contributed by atoms with E-state index in [4.69, 9.17) is 0 Å². The number of carbonyl (C=O) groups is 1. The Balaban J connectivity index is 1.74. The largest absolute Gasteiger partial charge is 0.363 e. The second-order valence-electron chi connectivity index (χ2n) is 6.09. The first-order valence-electron chi connectivity index (χ1n) is 7.39. The van der Waals surface area contributed by atoms with E-state index in [1.807, 2.05) is 4.90 Å². The summed E-state index contributed by atoms with van der Waals surface area (Å²) >= 11 is 0. The number of hydrogen-bond donors (Lipinski definition) is 1. The van der Waals surface area contributed by atoms with Crippen molar-refractivity contribution in [1.82, 2.24) is 0 Å². The van der Waals surface area contributed by atoms with E-state index in [9.17, 15) is 4.79 Å². The molecule has 0 aliphatic carbocycles. The molecule has 2 aliphatic heterocycles. The Morgan fingerprint density at radius 1 is 1.05 bits per heavy atom. The molecule has 1 saturated heterocycles. The van der Waals surface area contributed by atoms with Crippen molar-refractivity contribution in [3.05, 3.63) is 59.2 Å². The molecule has 2 aliphatic rings. The average Bonchev–Trinajstić information content (AvgIpc) is 2.98. The van der Waals surface area contributed by atoms with Crippen molar-refractivity contribution in [1.29, 1.82) is 0 Å². The summed E-state index contributed by atoms with van der Waals surface area (Å²) in [6.45, 7) is 4.15. The molecule has 1 amide bonds. The lowest BCUT2D eigenvalue weighted by Crippen LogP contribution is -2.34. The van der Waals surface area contributed by atoms with E-state index < -0.39 is 0 Å². The fraction of sp³-hybridized carbons (Fsp3) is 0.278. The first-order chi connectivity index (χ1) is 10.1. The van der Waals surface area contributed by atoms with Crippen LogP contribution in [0.3, 0.4) is 0 Å². The summed E-state index contributed by atoms with van der Waals surface area (Å²) in [5.74, 6) is 0.424. The lowest BCUT2D eigenvalue weighted by atomic mass is 9.95. The molecule has 2 aromatic rings. The lowest BCUT2D eigenvalue weighted by molar-refractivity contribution is -0.117. The van der Waals surface area contributed by atoms with Crippen molar-refractivity contribution < 1.29 is 4.79 Å². The molecule has 2 aromatic carbocycles. The van der Waals surface area contributed by atoms with Gasteiger partial charge in [0, 0.05) is 12.3 Å². The number of fused-ring (bicyclic) bond motifs is 3. The summed E-state index contributed by atoms with van der Waals surface area (Å²) in [6.07, 6.45) is 0.630. The van der Waals surface area contributed by atoms with Crippen LogP contribution in [0.25, 0.3) is 0 Å². The molecule has 3 heteroatoms. The molecule has 2 heterocycles. The van der Waals surface area contributed by atoms with Crippen molar-refractivity contribution >= 4 is 17.3 Å². The van der Waals surface area contributed by atoms with E-state index >= 15 is 0 Å². The van der Waals surface area contributed by atoms with Gasteiger partial charge in [0.1, 0.15) is 6.17 Å². The van der Waals surface area contributed by atoms with E-state index in [1.54, 1.807) is 0 Å². The van der Waals surface area contributed by atoms with Crippen LogP contribution in [0.5, 0.6) is 0 Å². The van der Waals surface area contributed by atoms with Gasteiger partial charge in [0.25, 0.3) is 0 Å². The average molecular weight is 278 g/mol. The van der Waals surface area contributed by atoms with E-state index in [-0.39, 0.29) is 18.0 Å². The topological polar surface area (TPSA) is 32.3 Å². The first kappa shape index (κ1) is 12.5. The van der Waals surface area contributed by atoms with E-state index in [2.05, 4.69) is 61.6 Å². The Labute approximate surface area is 124 Å². The Morgan fingerprint density at radius 2 is 1.76 bits per heavy atom. The van der Waals surface area contributed by atoms with Crippen LogP contribution >= 0.6 is 0 Å². The molecule has 2 atom stereocenters. The van der Waals surface area contributed by atoms with Gasteiger partial charge in [-0.25, -0.2) is 0 Å². The minimum absolute atomic E-state index is 0.0528. The normalized spacial score (nSPS) is 23.0. The first-order valence-corrected chi connectivity index (χ1v) is 7.39. The van der Waals surface area contributed by atoms with Crippen molar-refractivity contribution in [3.63, 3.8) is 0 Å². The molecule has 2 unspecified atom stereocenters. The number of aryl methyl sites for hydroxylation is 2. The second-order valence-corrected chi connectivity index (χ2v) is 6.09. The minimum atomic E-state index is 0.0528. The maximum atomic E-state index is 12.5. The molecule has 106 valence electrons. The molecule has 4 rings (SSSR count). The van der Waals surface area contributed by atoms with Crippen LogP contribution in [-0.4, -0.2) is 12.1 Å². The van der Waals surface area contributed by atoms with E-state index in [0.717, 1.165) is 11.4 Å². The third-order valence-corrected chi connectivity index (χ3v) is 4.54. The van der Waals surface area contributed by atoms with Crippen LogP contribution in [0.4, 0.5) is 11.4 Å². The third kappa shape index (κ3) is 1.84. The smallest absolute Gasteiger partial charge is 0.229 e. The summed E-state index contributed by atoms with van der Waals surface area (Å²) in [5, 5.41) is 3.52. The van der Waals surface area contributed by atoms with Crippen molar-refractivity contribution in [3.8, 4) is 0 Å². The van der Waals surface area contributed by atoms with Crippen LogP contribution in [0, 0.1) is 13.8 Å². The van der Waals surface area contributed by atoms with Gasteiger partial charge in [-0.2, -0.15) is 0 Å². The third-order valence-electron chi connectivity index (χ3n) is 4.54. The SMILES string of the molecule is Cc1ccc(C2CC(=O)N3c4cc(C)ccc4NC23)cc1. The Hall–Kier alpha value is -2.29. The van der Waals surface area contributed by atoms with Crippen LogP contribution in [0.2, 0.25) is 0 Å². The summed E-state index contributed by atoms with van der Waals surface area (Å²) in [4.78, 5) is 14.4.